The number of aliphatic hydroxyl groups is 1. The van der Waals surface area contributed by atoms with Crippen LogP contribution in [0.4, 0.5) is 0 Å². The third-order valence-electron chi connectivity index (χ3n) is 13.0. The summed E-state index contributed by atoms with van der Waals surface area (Å²) in [4.78, 5) is 27.8. The molecule has 202 valence electrons. The number of methoxy groups -OCH3 is 1. The van der Waals surface area contributed by atoms with E-state index in [0.717, 1.165) is 38.5 Å². The molecule has 5 aliphatic rings. The van der Waals surface area contributed by atoms with Crippen molar-refractivity contribution in [1.82, 2.24) is 0 Å². The third-order valence-corrected chi connectivity index (χ3v) is 13.0. The number of nitrogens with zero attached hydrogens (tertiary/aromatic N) is 1. The van der Waals surface area contributed by atoms with Gasteiger partial charge in [-0.05, 0) is 90.9 Å². The molecule has 0 heterocycles. The first-order valence-electron chi connectivity index (χ1n) is 14.3. The molecule has 0 unspecified atom stereocenters. The van der Waals surface area contributed by atoms with Crippen molar-refractivity contribution in [3.63, 3.8) is 0 Å². The van der Waals surface area contributed by atoms with Gasteiger partial charge in [0, 0.05) is 11.3 Å². The summed E-state index contributed by atoms with van der Waals surface area (Å²) in [6, 6.07) is 2.28. The summed E-state index contributed by atoms with van der Waals surface area (Å²) in [6.45, 7) is 15.5. The zero-order chi connectivity index (χ0) is 27.3. The molecule has 0 aromatic carbocycles. The molecule has 0 aromatic rings. The maximum atomic E-state index is 14.4. The van der Waals surface area contributed by atoms with Gasteiger partial charge < -0.3 is 9.84 Å². The van der Waals surface area contributed by atoms with Crippen molar-refractivity contribution >= 4 is 11.8 Å². The molecule has 37 heavy (non-hydrogen) atoms. The van der Waals surface area contributed by atoms with Gasteiger partial charge in [-0.3, -0.25) is 9.59 Å². The van der Waals surface area contributed by atoms with Gasteiger partial charge in [0.1, 0.15) is 5.76 Å². The topological polar surface area (TPSA) is 87.4 Å². The Morgan fingerprint density at radius 1 is 1.08 bits per heavy atom. The van der Waals surface area contributed by atoms with Crippen LogP contribution < -0.4 is 0 Å². The molecule has 3 fully saturated rings. The lowest BCUT2D eigenvalue weighted by molar-refractivity contribution is -0.187. The summed E-state index contributed by atoms with van der Waals surface area (Å²) in [5.74, 6) is 0.913. The molecule has 0 aliphatic heterocycles. The highest BCUT2D eigenvalue weighted by Gasteiger charge is 2.71. The minimum Gasteiger partial charge on any atom is -0.511 e. The van der Waals surface area contributed by atoms with Crippen molar-refractivity contribution in [3.8, 4) is 6.07 Å². The predicted octanol–water partition coefficient (Wildman–Crippen LogP) is 6.94. The van der Waals surface area contributed by atoms with Crippen LogP contribution in [-0.4, -0.2) is 24.0 Å². The van der Waals surface area contributed by atoms with Crippen molar-refractivity contribution in [3.05, 3.63) is 23.0 Å². The number of carbonyl (C=O) groups is 2. The van der Waals surface area contributed by atoms with E-state index in [2.05, 4.69) is 40.7 Å². The number of nitriles is 1. The Balaban J connectivity index is 1.70. The minimum atomic E-state index is -0.551. The van der Waals surface area contributed by atoms with Crippen LogP contribution in [0.3, 0.4) is 0 Å². The molecule has 0 aromatic heterocycles. The van der Waals surface area contributed by atoms with Gasteiger partial charge in [-0.1, -0.05) is 54.0 Å². The van der Waals surface area contributed by atoms with Gasteiger partial charge in [0.15, 0.2) is 5.78 Å². The highest BCUT2D eigenvalue weighted by atomic mass is 16.5. The smallest absolute Gasteiger partial charge is 0.312 e. The van der Waals surface area contributed by atoms with Gasteiger partial charge in [0.25, 0.3) is 0 Å². The maximum absolute atomic E-state index is 14.4. The number of hydrogen-bond acceptors (Lipinski definition) is 5. The Morgan fingerprint density at radius 2 is 1.76 bits per heavy atom. The fourth-order valence-electron chi connectivity index (χ4n) is 10.8. The Morgan fingerprint density at radius 3 is 2.38 bits per heavy atom. The van der Waals surface area contributed by atoms with Crippen LogP contribution in [0.2, 0.25) is 0 Å². The molecule has 5 aliphatic carbocycles. The molecule has 0 bridgehead atoms. The molecule has 1 N–H and O–H groups in total. The quantitative estimate of drug-likeness (QED) is 0.388. The molecule has 5 heteroatoms. The second kappa shape index (κ2) is 7.96. The summed E-state index contributed by atoms with van der Waals surface area (Å²) in [5.41, 5.74) is -0.403. The van der Waals surface area contributed by atoms with Gasteiger partial charge in [-0.15, -0.1) is 0 Å². The van der Waals surface area contributed by atoms with Crippen LogP contribution in [0.1, 0.15) is 93.4 Å². The van der Waals surface area contributed by atoms with E-state index < -0.39 is 16.2 Å². The molecule has 0 radical (unpaired) electrons. The van der Waals surface area contributed by atoms with Crippen molar-refractivity contribution in [2.45, 2.75) is 93.4 Å². The number of ether oxygens (including phenoxy) is 1. The fraction of sp³-hybridized carbons (Fsp3) is 0.781. The van der Waals surface area contributed by atoms with Crippen LogP contribution in [-0.2, 0) is 14.3 Å². The molecule has 5 nitrogen and oxygen atoms in total. The number of hydrogen-bond donors (Lipinski definition) is 1. The largest absolute Gasteiger partial charge is 0.511 e. The van der Waals surface area contributed by atoms with Crippen LogP contribution in [0.5, 0.6) is 0 Å². The summed E-state index contributed by atoms with van der Waals surface area (Å²) in [7, 11) is 1.51. The highest BCUT2D eigenvalue weighted by molar-refractivity contribution is 5.96. The second-order valence-electron chi connectivity index (χ2n) is 14.6. The third kappa shape index (κ3) is 3.02. The monoisotopic (exact) mass is 507 g/mol. The number of fused-ring (bicyclic) bond motifs is 7. The van der Waals surface area contributed by atoms with E-state index in [1.165, 1.54) is 12.7 Å². The van der Waals surface area contributed by atoms with Crippen molar-refractivity contribution < 1.29 is 19.4 Å². The molecular formula is C32H45NO4. The lowest BCUT2D eigenvalue weighted by Crippen LogP contribution is -2.66. The highest BCUT2D eigenvalue weighted by Crippen LogP contribution is 2.75. The Labute approximate surface area is 222 Å². The molecule has 5 rings (SSSR count). The Kier molecular flexibility index (Phi) is 5.71. The van der Waals surface area contributed by atoms with Crippen LogP contribution in [0.15, 0.2) is 23.0 Å². The first kappa shape index (κ1) is 26.5. The van der Waals surface area contributed by atoms with Crippen LogP contribution in [0.25, 0.3) is 0 Å². The summed E-state index contributed by atoms with van der Waals surface area (Å²) >= 11 is 0. The average molecular weight is 508 g/mol. The van der Waals surface area contributed by atoms with E-state index in [0.29, 0.717) is 17.9 Å². The van der Waals surface area contributed by atoms with E-state index in [1.807, 2.05) is 19.9 Å². The lowest BCUT2D eigenvalue weighted by Gasteiger charge is -2.69. The summed E-state index contributed by atoms with van der Waals surface area (Å²) < 4.78 is 5.44. The van der Waals surface area contributed by atoms with Gasteiger partial charge in [0.2, 0.25) is 0 Å². The van der Waals surface area contributed by atoms with E-state index in [4.69, 9.17) is 4.74 Å². The Bertz CT molecular complexity index is 1160. The molecule has 0 amide bonds. The van der Waals surface area contributed by atoms with Gasteiger partial charge in [-0.25, -0.2) is 0 Å². The lowest BCUT2D eigenvalue weighted by atomic mass is 9.33. The first-order chi connectivity index (χ1) is 17.2. The summed E-state index contributed by atoms with van der Waals surface area (Å²) in [5, 5.41) is 21.0. The van der Waals surface area contributed by atoms with Gasteiger partial charge in [-0.2, -0.15) is 5.26 Å². The van der Waals surface area contributed by atoms with E-state index in [9.17, 15) is 20.0 Å². The maximum Gasteiger partial charge on any atom is 0.312 e. The Hall–Kier alpha value is -2.09. The second-order valence-corrected chi connectivity index (χ2v) is 14.6. The molecule has 3 saturated carbocycles. The number of allylic oxidation sites excluding steroid dienone is 4. The van der Waals surface area contributed by atoms with E-state index in [1.54, 1.807) is 0 Å². The first-order valence-corrected chi connectivity index (χ1v) is 14.3. The average Bonchev–Trinajstić information content (AvgIpc) is 2.84. The van der Waals surface area contributed by atoms with Crippen LogP contribution >= 0.6 is 0 Å². The van der Waals surface area contributed by atoms with E-state index >= 15 is 0 Å². The van der Waals surface area contributed by atoms with Crippen molar-refractivity contribution in [1.29, 1.82) is 5.26 Å². The number of carbonyl (C=O) groups excluding carboxylic acids is 2. The van der Waals surface area contributed by atoms with Crippen LogP contribution in [0, 0.1) is 68.0 Å². The van der Waals surface area contributed by atoms with Crippen molar-refractivity contribution in [2.75, 3.05) is 7.11 Å². The van der Waals surface area contributed by atoms with Gasteiger partial charge >= 0.3 is 5.97 Å². The number of esters is 1. The SMILES string of the molecule is COC(=O)[C@]12CC[C@@H](C)[C@H](C)[C@H]1C1=CC(=O)[C@@H]3[C@@]4(C)CC(C#N)=C(O)C(C)(C)[C@@H]4CC[C@@]3(C)[C@]1(C)CC2. The number of rotatable bonds is 1. The summed E-state index contributed by atoms with van der Waals surface area (Å²) in [6.07, 6.45) is 7.69. The predicted molar refractivity (Wildman–Crippen MR) is 142 cm³/mol. The molecular weight excluding hydrogens is 462 g/mol. The zero-order valence-electron chi connectivity index (χ0n) is 24.0. The number of aliphatic hydroxyl groups excluding tert-OH is 1. The van der Waals surface area contributed by atoms with E-state index in [-0.39, 0.29) is 52.0 Å². The standard InChI is InChI=1S/C32H45NO4/c1-18-9-12-32(27(36)37-8)14-13-30(6)21(24(32)19(18)2)15-22(34)25-29(5)16-20(17-33)26(35)28(3,4)23(29)10-11-31(25,30)7/h15,18-19,23-25,35H,9-14,16H2,1-8H3/t18-,19+,23+,24+,25-,29+,30-,31-,32+/m1/s1. The van der Waals surface area contributed by atoms with Crippen molar-refractivity contribution in [2.24, 2.45) is 56.7 Å². The zero-order valence-corrected chi connectivity index (χ0v) is 24.0. The molecule has 9 atom stereocenters. The number of ketones is 1. The fourth-order valence-corrected chi connectivity index (χ4v) is 10.8. The van der Waals surface area contributed by atoms with Gasteiger partial charge in [0.05, 0.1) is 24.2 Å². The normalized spacial score (nSPS) is 48.5. The molecule has 0 spiro atoms. The minimum absolute atomic E-state index is 0.0103. The molecule has 0 saturated heterocycles.